The summed E-state index contributed by atoms with van der Waals surface area (Å²) in [7, 11) is 0. The van der Waals surface area contributed by atoms with E-state index in [-0.39, 0.29) is 22.6 Å². The Bertz CT molecular complexity index is 747. The molecule has 1 fully saturated rings. The molecule has 0 spiro atoms. The van der Waals surface area contributed by atoms with Gasteiger partial charge in [-0.3, -0.25) is 14.3 Å². The fraction of sp³-hybridized carbons (Fsp3) is 0.500. The van der Waals surface area contributed by atoms with Crippen LogP contribution < -0.4 is 11.3 Å². The third-order valence-electron chi connectivity index (χ3n) is 2.85. The first-order valence-electron chi connectivity index (χ1n) is 6.53. The van der Waals surface area contributed by atoms with Gasteiger partial charge in [0.25, 0.3) is 5.56 Å². The predicted octanol–water partition coefficient (Wildman–Crippen LogP) is -2.48. The summed E-state index contributed by atoms with van der Waals surface area (Å²) < 4.78 is 22.4. The molecule has 110 valence electrons. The molecule has 3 heterocycles. The van der Waals surface area contributed by atoms with Gasteiger partial charge in [0, 0.05) is 9.11 Å². The molecule has 3 atom stereocenters. The van der Waals surface area contributed by atoms with E-state index in [4.69, 9.17) is 18.3 Å². The first kappa shape index (κ1) is 11.8. The summed E-state index contributed by atoms with van der Waals surface area (Å²) in [5, 5.41) is 19.0. The molecule has 0 amide bonds. The molecule has 0 bridgehead atoms. The Morgan fingerprint density at radius 1 is 1.70 bits per heavy atom. The first-order chi connectivity index (χ1) is 9.86. The van der Waals surface area contributed by atoms with Gasteiger partial charge in [-0.25, -0.2) is 4.98 Å². The van der Waals surface area contributed by atoms with Gasteiger partial charge in [0.1, 0.15) is 12.3 Å². The Kier molecular flexibility index (Phi) is 3.05. The minimum atomic E-state index is -2.19. The summed E-state index contributed by atoms with van der Waals surface area (Å²) in [5.41, 5.74) is 4.92. The molecule has 2 aromatic heterocycles. The highest BCUT2D eigenvalue weighted by atomic mass is 16.5. The maximum atomic E-state index is 11.7. The van der Waals surface area contributed by atoms with Gasteiger partial charge in [-0.05, 0) is 0 Å². The molecule has 1 saturated heterocycles. The molecule has 0 unspecified atom stereocenters. The molecule has 0 saturated carbocycles. The third-order valence-corrected chi connectivity index (χ3v) is 2.85. The first-order valence-corrected chi connectivity index (χ1v) is 5.53. The van der Waals surface area contributed by atoms with Gasteiger partial charge < -0.3 is 26.2 Å². The maximum Gasteiger partial charge on any atom is 0.280 e. The number of nitrogens with one attached hydrogen (secondary N) is 1. The van der Waals surface area contributed by atoms with Crippen LogP contribution in [0.25, 0.3) is 11.2 Å². The van der Waals surface area contributed by atoms with Crippen molar-refractivity contribution in [1.82, 2.24) is 19.5 Å². The van der Waals surface area contributed by atoms with Gasteiger partial charge in [-0.15, -0.1) is 0 Å². The number of aromatic amines is 1. The number of anilines is 1. The number of imidazole rings is 1. The molecular formula is C10H15N5O5. The number of nitrogens with two attached hydrogens (primary N) is 1. The molecule has 0 aromatic carbocycles. The van der Waals surface area contributed by atoms with Gasteiger partial charge in [-0.2, -0.15) is 4.98 Å². The van der Waals surface area contributed by atoms with Crippen LogP contribution in [-0.2, 0) is 4.74 Å². The summed E-state index contributed by atoms with van der Waals surface area (Å²) in [5.74, 6) is -0.146. The highest BCUT2D eigenvalue weighted by Crippen LogP contribution is 2.30. The zero-order chi connectivity index (χ0) is 15.4. The van der Waals surface area contributed by atoms with Crippen LogP contribution in [0.5, 0.6) is 0 Å². The Morgan fingerprint density at radius 3 is 3.10 bits per heavy atom. The summed E-state index contributed by atoms with van der Waals surface area (Å²) in [6.45, 7) is -0.542. The van der Waals surface area contributed by atoms with E-state index in [2.05, 4.69) is 15.0 Å². The molecule has 7 N–H and O–H groups in total. The zero-order valence-electron chi connectivity index (χ0n) is 12.1. The average Bonchev–Trinajstić information content (AvgIpc) is 2.91. The molecule has 20 heavy (non-hydrogen) atoms. The normalized spacial score (nSPS) is 29.8. The van der Waals surface area contributed by atoms with Crippen molar-refractivity contribution in [3.8, 4) is 0 Å². The number of nitrogen functional groups attached to an aromatic ring is 1. The van der Waals surface area contributed by atoms with Crippen molar-refractivity contribution in [3.63, 3.8) is 0 Å². The number of aromatic nitrogens is 4. The monoisotopic (exact) mass is 287 g/mol. The molecule has 10 heteroatoms. The second-order valence-corrected chi connectivity index (χ2v) is 4.10. The minimum absolute atomic E-state index is 0. The topological polar surface area (TPSA) is 171 Å². The van der Waals surface area contributed by atoms with Crippen LogP contribution in [0.3, 0.4) is 0 Å². The number of aliphatic hydroxyl groups excluding tert-OH is 2. The van der Waals surface area contributed by atoms with Crippen molar-refractivity contribution in [1.29, 1.82) is 0 Å². The molecule has 0 aliphatic carbocycles. The largest absolute Gasteiger partial charge is 0.412 e. The van der Waals surface area contributed by atoms with Crippen LogP contribution in [0, 0.1) is 0 Å². The van der Waals surface area contributed by atoms with Crippen LogP contribution in [-0.4, -0.2) is 54.0 Å². The van der Waals surface area contributed by atoms with E-state index < -0.39 is 37.0 Å². The van der Waals surface area contributed by atoms with Crippen LogP contribution in [0.2, 0.25) is 0 Å². The number of aliphatic hydroxyl groups is 2. The van der Waals surface area contributed by atoms with Crippen molar-refractivity contribution in [2.75, 3.05) is 12.3 Å². The number of H-pyrrole nitrogens is 1. The van der Waals surface area contributed by atoms with Crippen LogP contribution in [0.1, 0.15) is 15.3 Å². The van der Waals surface area contributed by atoms with Gasteiger partial charge in [-0.1, -0.05) is 0 Å². The fourth-order valence-electron chi connectivity index (χ4n) is 1.94. The van der Waals surface area contributed by atoms with E-state index in [9.17, 15) is 9.90 Å². The van der Waals surface area contributed by atoms with Crippen LogP contribution in [0.4, 0.5) is 5.95 Å². The quantitative estimate of drug-likeness (QED) is 0.473. The summed E-state index contributed by atoms with van der Waals surface area (Å²) in [4.78, 5) is 21.7. The minimum Gasteiger partial charge on any atom is -0.412 e. The van der Waals surface area contributed by atoms with E-state index in [1.165, 1.54) is 10.9 Å². The van der Waals surface area contributed by atoms with Crippen LogP contribution >= 0.6 is 0 Å². The fourth-order valence-corrected chi connectivity index (χ4v) is 1.94. The van der Waals surface area contributed by atoms with E-state index >= 15 is 0 Å². The Hall–Kier alpha value is -2.01. The number of hydrogen-bond donors (Lipinski definition) is 4. The van der Waals surface area contributed by atoms with Gasteiger partial charge in [0.2, 0.25) is 5.95 Å². The SMILES string of the molecule is O.[2H]C1([2H])[C@H](O)[C@@H](CO)O[C@H]1n1cnc2c(=O)[nH]c(N)nc21. The second-order valence-electron chi connectivity index (χ2n) is 4.10. The molecule has 3 rings (SSSR count). The molecule has 1 aliphatic heterocycles. The summed E-state index contributed by atoms with van der Waals surface area (Å²) in [6.07, 6.45) is -4.91. The lowest BCUT2D eigenvalue weighted by molar-refractivity contribution is -0.0432. The van der Waals surface area contributed by atoms with Crippen molar-refractivity contribution in [2.45, 2.75) is 24.8 Å². The van der Waals surface area contributed by atoms with E-state index in [0.29, 0.717) is 0 Å². The van der Waals surface area contributed by atoms with Crippen LogP contribution in [0.15, 0.2) is 11.1 Å². The van der Waals surface area contributed by atoms with Gasteiger partial charge in [0.15, 0.2) is 11.2 Å². The highest BCUT2D eigenvalue weighted by molar-refractivity contribution is 5.70. The highest BCUT2D eigenvalue weighted by Gasteiger charge is 2.35. The summed E-state index contributed by atoms with van der Waals surface area (Å²) >= 11 is 0. The number of fused-ring (bicyclic) bond motifs is 1. The smallest absolute Gasteiger partial charge is 0.280 e. The number of hydrogen-bond acceptors (Lipinski definition) is 7. The van der Waals surface area contributed by atoms with E-state index in [1.807, 2.05) is 0 Å². The lowest BCUT2D eigenvalue weighted by Crippen LogP contribution is -2.24. The molecular weight excluding hydrogens is 270 g/mol. The van der Waals surface area contributed by atoms with E-state index in [0.717, 1.165) is 0 Å². The lowest BCUT2D eigenvalue weighted by Gasteiger charge is -2.13. The number of nitrogens with zero attached hydrogens (tertiary/aromatic N) is 3. The molecule has 10 nitrogen and oxygen atoms in total. The number of rotatable bonds is 2. The maximum absolute atomic E-state index is 11.7. The van der Waals surface area contributed by atoms with Gasteiger partial charge >= 0.3 is 0 Å². The zero-order valence-corrected chi connectivity index (χ0v) is 10.1. The van der Waals surface area contributed by atoms with Crippen molar-refractivity contribution in [2.24, 2.45) is 0 Å². The van der Waals surface area contributed by atoms with Crippen molar-refractivity contribution < 1.29 is 23.2 Å². The van der Waals surface area contributed by atoms with Crippen molar-refractivity contribution >= 4 is 17.1 Å². The Balaban J connectivity index is 0.00000176. The standard InChI is InChI=1S/C10H13N5O4.H2O/c11-10-13-8-7(9(18)14-10)12-3-15(8)6-1-4(17)5(2-16)19-6;/h3-6,16-17H,1-2H2,(H3,11,13,14,18);1H2/t4-,5+,6+;/m0./s1/i1D2;. The lowest BCUT2D eigenvalue weighted by atomic mass is 10.2. The van der Waals surface area contributed by atoms with E-state index in [1.54, 1.807) is 0 Å². The molecule has 1 aliphatic rings. The Labute approximate surface area is 115 Å². The summed E-state index contributed by atoms with van der Waals surface area (Å²) in [6, 6.07) is 0. The molecule has 0 radical (unpaired) electrons. The predicted molar refractivity (Wildman–Crippen MR) is 67.8 cm³/mol. The molecule has 2 aromatic rings. The van der Waals surface area contributed by atoms with Crippen molar-refractivity contribution in [3.05, 3.63) is 16.7 Å². The third kappa shape index (κ3) is 2.14. The average molecular weight is 287 g/mol. The second kappa shape index (κ2) is 5.17. The Morgan fingerprint density at radius 2 is 2.45 bits per heavy atom. The van der Waals surface area contributed by atoms with Gasteiger partial charge in [0.05, 0.1) is 19.0 Å². The number of ether oxygens (including phenoxy) is 1.